The molecule has 1 aromatic heterocycles. The number of nitriles is 1. The highest BCUT2D eigenvalue weighted by Crippen LogP contribution is 2.16. The SMILES string of the molecule is N#CCCNC(=O)Cn1ccc2ccc(F)cc21. The van der Waals surface area contributed by atoms with E-state index in [0.717, 1.165) is 5.39 Å². The standard InChI is InChI=1S/C13H12FN3O/c14-11-3-2-10-4-7-17(12(10)8-11)9-13(18)16-6-1-5-15/h2-4,7-8H,1,6,9H2,(H,16,18). The van der Waals surface area contributed by atoms with Gasteiger partial charge in [0.15, 0.2) is 0 Å². The molecule has 0 fully saturated rings. The lowest BCUT2D eigenvalue weighted by Crippen LogP contribution is -2.27. The molecule has 0 aliphatic heterocycles. The summed E-state index contributed by atoms with van der Waals surface area (Å²) in [7, 11) is 0. The summed E-state index contributed by atoms with van der Waals surface area (Å²) in [5.74, 6) is -0.514. The van der Waals surface area contributed by atoms with E-state index in [0.29, 0.717) is 12.1 Å². The Morgan fingerprint density at radius 3 is 3.06 bits per heavy atom. The molecule has 1 aromatic carbocycles. The maximum atomic E-state index is 13.1. The number of rotatable bonds is 4. The first-order valence-corrected chi connectivity index (χ1v) is 5.59. The Labute approximate surface area is 104 Å². The van der Waals surface area contributed by atoms with E-state index in [1.54, 1.807) is 16.8 Å². The number of halogens is 1. The van der Waals surface area contributed by atoms with Crippen molar-refractivity contribution in [2.75, 3.05) is 6.54 Å². The second kappa shape index (κ2) is 5.32. The van der Waals surface area contributed by atoms with E-state index in [4.69, 9.17) is 5.26 Å². The van der Waals surface area contributed by atoms with Gasteiger partial charge in [-0.25, -0.2) is 4.39 Å². The van der Waals surface area contributed by atoms with Gasteiger partial charge in [0.2, 0.25) is 5.91 Å². The van der Waals surface area contributed by atoms with Crippen molar-refractivity contribution in [1.29, 1.82) is 5.26 Å². The molecular weight excluding hydrogens is 233 g/mol. The fourth-order valence-corrected chi connectivity index (χ4v) is 1.76. The number of nitrogens with one attached hydrogen (secondary N) is 1. The molecule has 2 rings (SSSR count). The molecule has 18 heavy (non-hydrogen) atoms. The Bertz CT molecular complexity index is 612. The monoisotopic (exact) mass is 245 g/mol. The minimum atomic E-state index is -0.327. The van der Waals surface area contributed by atoms with E-state index < -0.39 is 0 Å². The zero-order valence-corrected chi connectivity index (χ0v) is 9.69. The molecule has 0 radical (unpaired) electrons. The van der Waals surface area contributed by atoms with Crippen LogP contribution in [-0.4, -0.2) is 17.0 Å². The molecule has 1 N–H and O–H groups in total. The normalized spacial score (nSPS) is 10.2. The molecule has 0 aliphatic carbocycles. The minimum Gasteiger partial charge on any atom is -0.354 e. The van der Waals surface area contributed by atoms with Crippen LogP contribution < -0.4 is 5.32 Å². The van der Waals surface area contributed by atoms with Gasteiger partial charge in [-0.3, -0.25) is 4.79 Å². The van der Waals surface area contributed by atoms with Crippen molar-refractivity contribution in [1.82, 2.24) is 9.88 Å². The topological polar surface area (TPSA) is 57.8 Å². The van der Waals surface area contributed by atoms with Crippen LogP contribution in [0.25, 0.3) is 10.9 Å². The Balaban J connectivity index is 2.10. The van der Waals surface area contributed by atoms with Crippen molar-refractivity contribution in [3.8, 4) is 6.07 Å². The van der Waals surface area contributed by atoms with Crippen LogP contribution in [0.3, 0.4) is 0 Å². The number of amides is 1. The lowest BCUT2D eigenvalue weighted by atomic mass is 10.2. The van der Waals surface area contributed by atoms with Gasteiger partial charge >= 0.3 is 0 Å². The molecule has 1 heterocycles. The first-order valence-electron chi connectivity index (χ1n) is 5.59. The zero-order valence-electron chi connectivity index (χ0n) is 9.69. The summed E-state index contributed by atoms with van der Waals surface area (Å²) in [5, 5.41) is 11.9. The minimum absolute atomic E-state index is 0.123. The molecule has 0 saturated heterocycles. The predicted octanol–water partition coefficient (Wildman–Crippen LogP) is 1.81. The molecule has 2 aromatic rings. The van der Waals surface area contributed by atoms with Gasteiger partial charge in [-0.1, -0.05) is 0 Å². The molecule has 5 heteroatoms. The number of hydrogen-bond donors (Lipinski definition) is 1. The van der Waals surface area contributed by atoms with Crippen molar-refractivity contribution in [3.05, 3.63) is 36.3 Å². The van der Waals surface area contributed by atoms with Crippen LogP contribution in [0.1, 0.15) is 6.42 Å². The van der Waals surface area contributed by atoms with E-state index >= 15 is 0 Å². The number of carbonyl (C=O) groups is 1. The Morgan fingerprint density at radius 2 is 2.28 bits per heavy atom. The van der Waals surface area contributed by atoms with Gasteiger partial charge in [0.25, 0.3) is 0 Å². The van der Waals surface area contributed by atoms with Crippen molar-refractivity contribution in [2.24, 2.45) is 0 Å². The van der Waals surface area contributed by atoms with Crippen molar-refractivity contribution in [2.45, 2.75) is 13.0 Å². The van der Waals surface area contributed by atoms with Gasteiger partial charge in [-0.2, -0.15) is 5.26 Å². The maximum absolute atomic E-state index is 13.1. The van der Waals surface area contributed by atoms with Crippen LogP contribution >= 0.6 is 0 Å². The lowest BCUT2D eigenvalue weighted by molar-refractivity contribution is -0.121. The molecular formula is C13H12FN3O. The molecule has 0 aliphatic rings. The third kappa shape index (κ3) is 2.66. The summed E-state index contributed by atoms with van der Waals surface area (Å²) in [4.78, 5) is 11.6. The summed E-state index contributed by atoms with van der Waals surface area (Å²) in [6.45, 7) is 0.460. The second-order valence-corrected chi connectivity index (χ2v) is 3.90. The van der Waals surface area contributed by atoms with E-state index in [2.05, 4.69) is 5.32 Å². The molecule has 0 unspecified atom stereocenters. The zero-order chi connectivity index (χ0) is 13.0. The van der Waals surface area contributed by atoms with Crippen LogP contribution in [0, 0.1) is 17.1 Å². The smallest absolute Gasteiger partial charge is 0.239 e. The molecule has 1 amide bonds. The lowest BCUT2D eigenvalue weighted by Gasteiger charge is -2.06. The fourth-order valence-electron chi connectivity index (χ4n) is 1.76. The van der Waals surface area contributed by atoms with Crippen LogP contribution in [0.15, 0.2) is 30.5 Å². The number of hydrogen-bond acceptors (Lipinski definition) is 2. The highest BCUT2D eigenvalue weighted by atomic mass is 19.1. The van der Waals surface area contributed by atoms with Crippen molar-refractivity contribution >= 4 is 16.8 Å². The number of carbonyl (C=O) groups excluding carboxylic acids is 1. The average Bonchev–Trinajstić information content (AvgIpc) is 2.72. The van der Waals surface area contributed by atoms with E-state index in [9.17, 15) is 9.18 Å². The third-order valence-corrected chi connectivity index (χ3v) is 2.61. The molecule has 0 atom stereocenters. The molecule has 4 nitrogen and oxygen atoms in total. The summed E-state index contributed by atoms with van der Waals surface area (Å²) < 4.78 is 14.8. The number of nitrogens with zero attached hydrogens (tertiary/aromatic N) is 2. The van der Waals surface area contributed by atoms with Gasteiger partial charge in [0, 0.05) is 12.7 Å². The molecule has 0 spiro atoms. The molecule has 0 bridgehead atoms. The Hall–Kier alpha value is -2.35. The van der Waals surface area contributed by atoms with Gasteiger partial charge in [0.05, 0.1) is 18.0 Å². The van der Waals surface area contributed by atoms with Crippen molar-refractivity contribution < 1.29 is 9.18 Å². The largest absolute Gasteiger partial charge is 0.354 e. The summed E-state index contributed by atoms with van der Waals surface area (Å²) in [5.41, 5.74) is 0.686. The second-order valence-electron chi connectivity index (χ2n) is 3.90. The maximum Gasteiger partial charge on any atom is 0.239 e. The number of benzene rings is 1. The van der Waals surface area contributed by atoms with Crippen LogP contribution in [0.2, 0.25) is 0 Å². The van der Waals surface area contributed by atoms with Gasteiger partial charge in [-0.05, 0) is 29.7 Å². The van der Waals surface area contributed by atoms with Gasteiger partial charge in [-0.15, -0.1) is 0 Å². The van der Waals surface area contributed by atoms with E-state index in [1.807, 2.05) is 12.1 Å². The highest BCUT2D eigenvalue weighted by Gasteiger charge is 2.06. The molecule has 92 valence electrons. The summed E-state index contributed by atoms with van der Waals surface area (Å²) >= 11 is 0. The van der Waals surface area contributed by atoms with E-state index in [-0.39, 0.29) is 24.7 Å². The van der Waals surface area contributed by atoms with Crippen molar-refractivity contribution in [3.63, 3.8) is 0 Å². The number of fused-ring (bicyclic) bond motifs is 1. The van der Waals surface area contributed by atoms with Gasteiger partial charge < -0.3 is 9.88 Å². The van der Waals surface area contributed by atoms with Crippen LogP contribution in [0.5, 0.6) is 0 Å². The first kappa shape index (κ1) is 12.1. The summed E-state index contributed by atoms with van der Waals surface area (Å²) in [6, 6.07) is 8.24. The number of aromatic nitrogens is 1. The fraction of sp³-hybridized carbons (Fsp3) is 0.231. The first-order chi connectivity index (χ1) is 8.70. The Morgan fingerprint density at radius 1 is 1.44 bits per heavy atom. The highest BCUT2D eigenvalue weighted by molar-refractivity contribution is 5.83. The summed E-state index contributed by atoms with van der Waals surface area (Å²) in [6.07, 6.45) is 2.03. The van der Waals surface area contributed by atoms with Crippen LogP contribution in [0.4, 0.5) is 4.39 Å². The third-order valence-electron chi connectivity index (χ3n) is 2.61. The molecule has 0 saturated carbocycles. The van der Waals surface area contributed by atoms with Gasteiger partial charge in [0.1, 0.15) is 12.4 Å². The predicted molar refractivity (Wildman–Crippen MR) is 65.1 cm³/mol. The van der Waals surface area contributed by atoms with E-state index in [1.165, 1.54) is 12.1 Å². The quantitative estimate of drug-likeness (QED) is 0.835. The Kier molecular flexibility index (Phi) is 3.58. The van der Waals surface area contributed by atoms with Crippen LogP contribution in [-0.2, 0) is 11.3 Å². The average molecular weight is 245 g/mol.